The molecule has 0 amide bonds. The quantitative estimate of drug-likeness (QED) is 0.660. The minimum absolute atomic E-state index is 0.140. The number of hydrogen-bond acceptors (Lipinski definition) is 4. The minimum atomic E-state index is -0.295. The van der Waals surface area contributed by atoms with Crippen molar-refractivity contribution in [2.24, 2.45) is 0 Å². The zero-order valence-corrected chi connectivity index (χ0v) is 13.3. The lowest BCUT2D eigenvalue weighted by molar-refractivity contribution is -0.146. The monoisotopic (exact) mass is 295 g/mol. The molecule has 1 atom stereocenters. The van der Waals surface area contributed by atoms with Crippen LogP contribution in [0.5, 0.6) is 0 Å². The average Bonchev–Trinajstić information content (AvgIpc) is 2.70. The Kier molecular flexibility index (Phi) is 6.05. The molecule has 0 bridgehead atoms. The first-order chi connectivity index (χ1) is 9.70. The van der Waals surface area contributed by atoms with Crippen LogP contribution in [0.1, 0.15) is 61.2 Å². The third kappa shape index (κ3) is 4.32. The van der Waals surface area contributed by atoms with Gasteiger partial charge in [-0.15, -0.1) is 11.3 Å². The van der Waals surface area contributed by atoms with E-state index in [9.17, 15) is 4.79 Å². The molecule has 20 heavy (non-hydrogen) atoms. The predicted octanol–water partition coefficient (Wildman–Crippen LogP) is 3.97. The minimum Gasteiger partial charge on any atom is -0.465 e. The molecule has 0 aromatic carbocycles. The fourth-order valence-corrected chi connectivity index (χ4v) is 3.71. The molecule has 1 fully saturated rings. The Labute approximate surface area is 125 Å². The standard InChI is InChI=1S/C16H25NO2S/c1-3-19-16(18)15(14-11-10-12(2)20-14)17-13-8-6-4-5-7-9-13/h10-11,13,15,17H,3-9H2,1-2H3. The van der Waals surface area contributed by atoms with Gasteiger partial charge in [0, 0.05) is 15.8 Å². The second-order valence-corrected chi connectivity index (χ2v) is 6.81. The van der Waals surface area contributed by atoms with Crippen LogP contribution in [0.3, 0.4) is 0 Å². The van der Waals surface area contributed by atoms with Gasteiger partial charge in [0.15, 0.2) is 0 Å². The molecular formula is C16H25NO2S. The van der Waals surface area contributed by atoms with E-state index >= 15 is 0 Å². The maximum Gasteiger partial charge on any atom is 0.328 e. The van der Waals surface area contributed by atoms with Gasteiger partial charge in [-0.2, -0.15) is 0 Å². The van der Waals surface area contributed by atoms with E-state index in [1.54, 1.807) is 11.3 Å². The number of ether oxygens (including phenoxy) is 1. The van der Waals surface area contributed by atoms with Crippen LogP contribution in [0.4, 0.5) is 0 Å². The highest BCUT2D eigenvalue weighted by Gasteiger charge is 2.26. The Morgan fingerprint density at radius 2 is 2.05 bits per heavy atom. The first kappa shape index (κ1) is 15.5. The van der Waals surface area contributed by atoms with Gasteiger partial charge in [0.2, 0.25) is 0 Å². The van der Waals surface area contributed by atoms with Crippen molar-refractivity contribution in [3.63, 3.8) is 0 Å². The molecule has 1 heterocycles. The average molecular weight is 295 g/mol. The van der Waals surface area contributed by atoms with Crippen LogP contribution < -0.4 is 5.32 Å². The van der Waals surface area contributed by atoms with Gasteiger partial charge in [-0.3, -0.25) is 5.32 Å². The Balaban J connectivity index is 2.07. The van der Waals surface area contributed by atoms with Crippen LogP contribution in [0.25, 0.3) is 0 Å². The van der Waals surface area contributed by atoms with Gasteiger partial charge < -0.3 is 4.74 Å². The first-order valence-corrected chi connectivity index (χ1v) is 8.51. The summed E-state index contributed by atoms with van der Waals surface area (Å²) in [6.07, 6.45) is 7.49. The molecule has 1 unspecified atom stereocenters. The Morgan fingerprint density at radius 1 is 1.35 bits per heavy atom. The Hall–Kier alpha value is -0.870. The maximum absolute atomic E-state index is 12.2. The van der Waals surface area contributed by atoms with Crippen molar-refractivity contribution in [3.8, 4) is 0 Å². The topological polar surface area (TPSA) is 38.3 Å². The summed E-state index contributed by atoms with van der Waals surface area (Å²) in [5.41, 5.74) is 0. The van der Waals surface area contributed by atoms with Gasteiger partial charge in [-0.25, -0.2) is 4.79 Å². The molecule has 2 rings (SSSR count). The van der Waals surface area contributed by atoms with Crippen LogP contribution in [-0.4, -0.2) is 18.6 Å². The fraction of sp³-hybridized carbons (Fsp3) is 0.688. The molecular weight excluding hydrogens is 270 g/mol. The van der Waals surface area contributed by atoms with E-state index in [0.29, 0.717) is 12.6 Å². The molecule has 1 N–H and O–H groups in total. The molecule has 112 valence electrons. The van der Waals surface area contributed by atoms with Gasteiger partial charge in [0.1, 0.15) is 6.04 Å². The van der Waals surface area contributed by atoms with Crippen LogP contribution in [-0.2, 0) is 9.53 Å². The lowest BCUT2D eigenvalue weighted by atomic mass is 10.1. The summed E-state index contributed by atoms with van der Waals surface area (Å²) in [6, 6.07) is 4.26. The van der Waals surface area contributed by atoms with Crippen molar-refractivity contribution in [2.75, 3.05) is 6.61 Å². The molecule has 0 radical (unpaired) electrons. The maximum atomic E-state index is 12.2. The highest BCUT2D eigenvalue weighted by atomic mass is 32.1. The smallest absolute Gasteiger partial charge is 0.328 e. The van der Waals surface area contributed by atoms with Crippen molar-refractivity contribution in [2.45, 2.75) is 64.5 Å². The first-order valence-electron chi connectivity index (χ1n) is 7.69. The van der Waals surface area contributed by atoms with Crippen molar-refractivity contribution in [3.05, 3.63) is 21.9 Å². The van der Waals surface area contributed by atoms with E-state index in [2.05, 4.69) is 18.3 Å². The van der Waals surface area contributed by atoms with Crippen LogP contribution in [0, 0.1) is 6.92 Å². The van der Waals surface area contributed by atoms with Crippen LogP contribution >= 0.6 is 11.3 Å². The third-order valence-electron chi connectivity index (χ3n) is 3.83. The zero-order valence-electron chi connectivity index (χ0n) is 12.5. The highest BCUT2D eigenvalue weighted by Crippen LogP contribution is 2.26. The van der Waals surface area contributed by atoms with Crippen LogP contribution in [0.2, 0.25) is 0 Å². The number of aryl methyl sites for hydroxylation is 1. The van der Waals surface area contributed by atoms with Crippen LogP contribution in [0.15, 0.2) is 12.1 Å². The number of thiophene rings is 1. The highest BCUT2D eigenvalue weighted by molar-refractivity contribution is 7.12. The second kappa shape index (κ2) is 7.79. The molecule has 3 nitrogen and oxygen atoms in total. The summed E-state index contributed by atoms with van der Waals surface area (Å²) in [6.45, 7) is 4.37. The van der Waals surface area contributed by atoms with E-state index in [4.69, 9.17) is 4.74 Å². The normalized spacial score (nSPS) is 18.5. The van der Waals surface area contributed by atoms with E-state index in [-0.39, 0.29) is 12.0 Å². The zero-order chi connectivity index (χ0) is 14.4. The van der Waals surface area contributed by atoms with Crippen molar-refractivity contribution >= 4 is 17.3 Å². The molecule has 0 spiro atoms. The number of carbonyl (C=O) groups excluding carboxylic acids is 1. The summed E-state index contributed by atoms with van der Waals surface area (Å²) in [4.78, 5) is 14.5. The van der Waals surface area contributed by atoms with E-state index in [1.165, 1.54) is 43.4 Å². The van der Waals surface area contributed by atoms with E-state index in [1.807, 2.05) is 13.0 Å². The summed E-state index contributed by atoms with van der Waals surface area (Å²) < 4.78 is 5.25. The second-order valence-electron chi connectivity index (χ2n) is 5.49. The molecule has 0 saturated heterocycles. The van der Waals surface area contributed by atoms with Crippen molar-refractivity contribution < 1.29 is 9.53 Å². The largest absolute Gasteiger partial charge is 0.465 e. The number of nitrogens with one attached hydrogen (secondary N) is 1. The summed E-state index contributed by atoms with van der Waals surface area (Å²) in [7, 11) is 0. The van der Waals surface area contributed by atoms with Crippen molar-refractivity contribution in [1.82, 2.24) is 5.32 Å². The number of rotatable bonds is 5. The lowest BCUT2D eigenvalue weighted by Gasteiger charge is -2.23. The Bertz CT molecular complexity index is 422. The Morgan fingerprint density at radius 3 is 2.60 bits per heavy atom. The fourth-order valence-electron chi connectivity index (χ4n) is 2.78. The number of esters is 1. The summed E-state index contributed by atoms with van der Waals surface area (Å²) >= 11 is 1.68. The van der Waals surface area contributed by atoms with Gasteiger partial charge in [0.05, 0.1) is 6.61 Å². The number of carbonyl (C=O) groups is 1. The molecule has 1 aromatic rings. The van der Waals surface area contributed by atoms with E-state index < -0.39 is 0 Å². The van der Waals surface area contributed by atoms with Gasteiger partial charge >= 0.3 is 5.97 Å². The summed E-state index contributed by atoms with van der Waals surface area (Å²) in [5.74, 6) is -0.140. The van der Waals surface area contributed by atoms with Gasteiger partial charge in [-0.1, -0.05) is 25.7 Å². The molecule has 0 aliphatic heterocycles. The number of hydrogen-bond donors (Lipinski definition) is 1. The predicted molar refractivity (Wildman–Crippen MR) is 83.1 cm³/mol. The molecule has 4 heteroatoms. The van der Waals surface area contributed by atoms with Crippen molar-refractivity contribution in [1.29, 1.82) is 0 Å². The molecule has 1 saturated carbocycles. The molecule has 1 aromatic heterocycles. The summed E-state index contributed by atoms with van der Waals surface area (Å²) in [5, 5.41) is 3.55. The van der Waals surface area contributed by atoms with Gasteiger partial charge in [0.25, 0.3) is 0 Å². The van der Waals surface area contributed by atoms with Gasteiger partial charge in [-0.05, 0) is 38.8 Å². The molecule has 1 aliphatic rings. The lowest BCUT2D eigenvalue weighted by Crippen LogP contribution is -2.37. The SMILES string of the molecule is CCOC(=O)C(NC1CCCCCC1)c1ccc(C)s1. The molecule has 1 aliphatic carbocycles. The third-order valence-corrected chi connectivity index (χ3v) is 4.89. The van der Waals surface area contributed by atoms with E-state index in [0.717, 1.165) is 4.88 Å².